The predicted octanol–water partition coefficient (Wildman–Crippen LogP) is 5.80. The second-order valence-electron chi connectivity index (χ2n) is 7.66. The van der Waals surface area contributed by atoms with Crippen LogP contribution in [0, 0.1) is 0 Å². The minimum absolute atomic E-state index is 0.0166. The number of pyridine rings is 2. The normalized spacial score (nSPS) is 11.6. The summed E-state index contributed by atoms with van der Waals surface area (Å²) in [6.07, 6.45) is 0.0491. The van der Waals surface area contributed by atoms with E-state index in [1.165, 1.54) is 23.1 Å². The molecule has 0 bridgehead atoms. The fourth-order valence-electron chi connectivity index (χ4n) is 3.12. The number of hydrogen-bond acceptors (Lipinski definition) is 6. The van der Waals surface area contributed by atoms with E-state index >= 15 is 0 Å². The van der Waals surface area contributed by atoms with Gasteiger partial charge in [-0.3, -0.25) is 4.98 Å². The average Bonchev–Trinajstić information content (AvgIpc) is 3.28. The molecule has 34 heavy (non-hydrogen) atoms. The number of nitrogens with one attached hydrogen (secondary N) is 1. The maximum absolute atomic E-state index is 13.4. The van der Waals surface area contributed by atoms with Gasteiger partial charge in [-0.15, -0.1) is 5.10 Å². The zero-order valence-corrected chi connectivity index (χ0v) is 19.0. The molecule has 0 radical (unpaired) electrons. The first kappa shape index (κ1) is 23.5. The molecule has 11 heteroatoms. The molecule has 0 amide bonds. The highest BCUT2D eigenvalue weighted by atomic mass is 35.5. The van der Waals surface area contributed by atoms with E-state index in [-0.39, 0.29) is 24.0 Å². The number of anilines is 1. The third-order valence-corrected chi connectivity index (χ3v) is 4.93. The van der Waals surface area contributed by atoms with E-state index in [4.69, 9.17) is 16.3 Å². The van der Waals surface area contributed by atoms with Crippen LogP contribution in [0.5, 0.6) is 5.75 Å². The van der Waals surface area contributed by atoms with Gasteiger partial charge in [0.2, 0.25) is 0 Å². The fourth-order valence-corrected chi connectivity index (χ4v) is 3.34. The highest BCUT2D eigenvalue weighted by molar-refractivity contribution is 6.32. The zero-order valence-electron chi connectivity index (χ0n) is 18.2. The Morgan fingerprint density at radius 3 is 2.65 bits per heavy atom. The van der Waals surface area contributed by atoms with Crippen LogP contribution in [-0.2, 0) is 12.7 Å². The first-order valence-electron chi connectivity index (χ1n) is 10.3. The quantitative estimate of drug-likeness (QED) is 0.354. The van der Waals surface area contributed by atoms with Gasteiger partial charge in [0.15, 0.2) is 0 Å². The lowest BCUT2D eigenvalue weighted by molar-refractivity contribution is -0.141. The highest BCUT2D eigenvalue weighted by Gasteiger charge is 2.33. The Morgan fingerprint density at radius 1 is 1.15 bits per heavy atom. The van der Waals surface area contributed by atoms with Gasteiger partial charge < -0.3 is 10.1 Å². The molecule has 4 aromatic rings. The number of aromatic nitrogens is 5. The standard InChI is InChI=1S/C23H20ClF3N6O/c1-14(2)34-21-6-5-18(10-19(21)24)33-13-17(31-32-33)12-29-16-8-20(15-4-3-7-28-11-15)30-22(9-16)23(25,26)27/h3-11,13-14H,12H2,1-2H3,(H,29,30). The molecule has 0 saturated carbocycles. The number of halogens is 4. The van der Waals surface area contributed by atoms with Crippen molar-refractivity contribution in [2.45, 2.75) is 32.7 Å². The van der Waals surface area contributed by atoms with Crippen molar-refractivity contribution < 1.29 is 17.9 Å². The lowest BCUT2D eigenvalue weighted by Crippen LogP contribution is -2.10. The fraction of sp³-hybridized carbons (Fsp3) is 0.217. The van der Waals surface area contributed by atoms with Crippen LogP contribution < -0.4 is 10.1 Å². The van der Waals surface area contributed by atoms with Crippen LogP contribution in [0.4, 0.5) is 18.9 Å². The molecule has 0 aliphatic heterocycles. The monoisotopic (exact) mass is 488 g/mol. The van der Waals surface area contributed by atoms with Gasteiger partial charge in [-0.1, -0.05) is 16.8 Å². The van der Waals surface area contributed by atoms with Gasteiger partial charge in [-0.05, 0) is 56.3 Å². The largest absolute Gasteiger partial charge is 0.489 e. The van der Waals surface area contributed by atoms with Crippen molar-refractivity contribution in [3.63, 3.8) is 0 Å². The minimum Gasteiger partial charge on any atom is -0.489 e. The van der Waals surface area contributed by atoms with Crippen molar-refractivity contribution in [1.29, 1.82) is 0 Å². The molecule has 0 fully saturated rings. The van der Waals surface area contributed by atoms with Gasteiger partial charge >= 0.3 is 6.18 Å². The SMILES string of the molecule is CC(C)Oc1ccc(-n2cc(CNc3cc(-c4cccnc4)nc(C(F)(F)F)c3)nn2)cc1Cl. The maximum atomic E-state index is 13.4. The molecule has 1 aromatic carbocycles. The zero-order chi connectivity index (χ0) is 24.3. The predicted molar refractivity (Wildman–Crippen MR) is 122 cm³/mol. The van der Waals surface area contributed by atoms with Crippen LogP contribution in [0.2, 0.25) is 5.02 Å². The topological polar surface area (TPSA) is 77.8 Å². The van der Waals surface area contributed by atoms with Crippen molar-refractivity contribution in [1.82, 2.24) is 25.0 Å². The highest BCUT2D eigenvalue weighted by Crippen LogP contribution is 2.32. The summed E-state index contributed by atoms with van der Waals surface area (Å²) in [4.78, 5) is 7.70. The van der Waals surface area contributed by atoms with E-state index in [1.54, 1.807) is 36.5 Å². The Balaban J connectivity index is 1.53. The van der Waals surface area contributed by atoms with Crippen LogP contribution in [0.3, 0.4) is 0 Å². The van der Waals surface area contributed by atoms with E-state index in [0.717, 1.165) is 6.07 Å². The molecular weight excluding hydrogens is 469 g/mol. The van der Waals surface area contributed by atoms with Crippen molar-refractivity contribution in [3.05, 3.63) is 77.5 Å². The Bertz CT molecular complexity index is 1280. The molecule has 0 aliphatic carbocycles. The van der Waals surface area contributed by atoms with Gasteiger partial charge in [0.05, 0.1) is 35.2 Å². The summed E-state index contributed by atoms with van der Waals surface area (Å²) in [5.41, 5.74) is 1.07. The number of hydrogen-bond donors (Lipinski definition) is 1. The van der Waals surface area contributed by atoms with Crippen molar-refractivity contribution >= 4 is 17.3 Å². The van der Waals surface area contributed by atoms with Crippen molar-refractivity contribution in [3.8, 4) is 22.7 Å². The van der Waals surface area contributed by atoms with Crippen LogP contribution >= 0.6 is 11.6 Å². The number of rotatable bonds is 7. The second-order valence-corrected chi connectivity index (χ2v) is 8.06. The van der Waals surface area contributed by atoms with E-state index in [9.17, 15) is 13.2 Å². The maximum Gasteiger partial charge on any atom is 0.433 e. The Labute approximate surface area is 198 Å². The third-order valence-electron chi connectivity index (χ3n) is 4.63. The molecule has 4 rings (SSSR count). The number of nitrogens with zero attached hydrogens (tertiary/aromatic N) is 5. The number of ether oxygens (including phenoxy) is 1. The first-order chi connectivity index (χ1) is 16.2. The summed E-state index contributed by atoms with van der Waals surface area (Å²) < 4.78 is 47.3. The summed E-state index contributed by atoms with van der Waals surface area (Å²) in [5, 5.41) is 11.6. The smallest absolute Gasteiger partial charge is 0.433 e. The van der Waals surface area contributed by atoms with Gasteiger partial charge in [0.1, 0.15) is 17.1 Å². The Kier molecular flexibility index (Phi) is 6.69. The van der Waals surface area contributed by atoms with Crippen LogP contribution in [0.1, 0.15) is 25.2 Å². The van der Waals surface area contributed by atoms with E-state index in [0.29, 0.717) is 27.7 Å². The summed E-state index contributed by atoms with van der Waals surface area (Å²) in [5.74, 6) is 0.560. The Morgan fingerprint density at radius 2 is 1.97 bits per heavy atom. The van der Waals surface area contributed by atoms with E-state index in [2.05, 4.69) is 25.6 Å². The molecule has 176 valence electrons. The lowest BCUT2D eigenvalue weighted by Gasteiger charge is -2.12. The van der Waals surface area contributed by atoms with Crippen LogP contribution in [0.15, 0.2) is 61.1 Å². The van der Waals surface area contributed by atoms with Gasteiger partial charge in [0.25, 0.3) is 0 Å². The van der Waals surface area contributed by atoms with Crippen LogP contribution in [0.25, 0.3) is 16.9 Å². The van der Waals surface area contributed by atoms with Gasteiger partial charge in [0, 0.05) is 23.6 Å². The summed E-state index contributed by atoms with van der Waals surface area (Å²) >= 11 is 6.29. The summed E-state index contributed by atoms with van der Waals surface area (Å²) in [6.45, 7) is 3.96. The summed E-state index contributed by atoms with van der Waals surface area (Å²) in [6, 6.07) is 11.0. The van der Waals surface area contributed by atoms with E-state index in [1.807, 2.05) is 13.8 Å². The molecule has 0 unspecified atom stereocenters. The number of benzene rings is 1. The number of alkyl halides is 3. The molecular formula is C23H20ClF3N6O. The Hall–Kier alpha value is -3.66. The molecule has 0 aliphatic rings. The van der Waals surface area contributed by atoms with Crippen molar-refractivity contribution in [2.75, 3.05) is 5.32 Å². The molecule has 3 heterocycles. The summed E-state index contributed by atoms with van der Waals surface area (Å²) in [7, 11) is 0. The molecule has 0 saturated heterocycles. The second kappa shape index (κ2) is 9.68. The molecule has 7 nitrogen and oxygen atoms in total. The molecule has 0 spiro atoms. The van der Waals surface area contributed by atoms with Gasteiger partial charge in [-0.2, -0.15) is 13.2 Å². The van der Waals surface area contributed by atoms with Crippen molar-refractivity contribution in [2.24, 2.45) is 0 Å². The van der Waals surface area contributed by atoms with Crippen LogP contribution in [-0.4, -0.2) is 31.1 Å². The third kappa shape index (κ3) is 5.63. The molecule has 1 N–H and O–H groups in total. The average molecular weight is 489 g/mol. The van der Waals surface area contributed by atoms with Gasteiger partial charge in [-0.25, -0.2) is 9.67 Å². The minimum atomic E-state index is -4.59. The lowest BCUT2D eigenvalue weighted by atomic mass is 10.1. The first-order valence-corrected chi connectivity index (χ1v) is 10.7. The molecule has 3 aromatic heterocycles. The molecule has 0 atom stereocenters. The van der Waals surface area contributed by atoms with E-state index < -0.39 is 11.9 Å².